The summed E-state index contributed by atoms with van der Waals surface area (Å²) in [4.78, 5) is 6.67. The van der Waals surface area contributed by atoms with Crippen molar-refractivity contribution in [1.82, 2.24) is 14.7 Å². The zero-order valence-electron chi connectivity index (χ0n) is 9.90. The molecular weight excluding hydrogens is 240 g/mol. The number of nitrogens with one attached hydrogen (secondary N) is 2. The van der Waals surface area contributed by atoms with Crippen LogP contribution in [0.1, 0.15) is 32.5 Å². The van der Waals surface area contributed by atoms with Gasteiger partial charge in [-0.2, -0.15) is 5.26 Å². The highest BCUT2D eigenvalue weighted by atomic mass is 32.2. The molecule has 0 saturated heterocycles. The van der Waals surface area contributed by atoms with Crippen LogP contribution >= 0.6 is 0 Å². The molecule has 0 aliphatic carbocycles. The summed E-state index contributed by atoms with van der Waals surface area (Å²) < 4.78 is 26.3. The molecule has 0 aliphatic rings. The molecule has 0 aromatic carbocycles. The van der Waals surface area contributed by atoms with Crippen molar-refractivity contribution in [2.75, 3.05) is 0 Å². The van der Waals surface area contributed by atoms with Crippen molar-refractivity contribution in [2.45, 2.75) is 44.2 Å². The Hall–Kier alpha value is -1.39. The van der Waals surface area contributed by atoms with Crippen LogP contribution in [0.4, 0.5) is 0 Å². The molecule has 1 unspecified atom stereocenters. The highest BCUT2D eigenvalue weighted by Crippen LogP contribution is 2.08. The van der Waals surface area contributed by atoms with Gasteiger partial charge in [0.15, 0.2) is 5.03 Å². The average Bonchev–Trinajstić information content (AvgIpc) is 2.77. The monoisotopic (exact) mass is 256 g/mol. The van der Waals surface area contributed by atoms with E-state index >= 15 is 0 Å². The fourth-order valence-electron chi connectivity index (χ4n) is 1.32. The third-order valence-corrected chi connectivity index (χ3v) is 3.81. The maximum absolute atomic E-state index is 11.9. The van der Waals surface area contributed by atoms with Crippen LogP contribution in [0.15, 0.2) is 11.2 Å². The highest BCUT2D eigenvalue weighted by molar-refractivity contribution is 7.89. The lowest BCUT2D eigenvalue weighted by Gasteiger charge is -2.12. The maximum Gasteiger partial charge on any atom is 0.257 e. The summed E-state index contributed by atoms with van der Waals surface area (Å²) in [6.45, 7) is 3.71. The topological polar surface area (TPSA) is 98.6 Å². The van der Waals surface area contributed by atoms with Crippen molar-refractivity contribution in [3.05, 3.63) is 12.0 Å². The van der Waals surface area contributed by atoms with E-state index in [0.717, 1.165) is 0 Å². The molecule has 0 bridgehead atoms. The number of aromatic nitrogens is 2. The van der Waals surface area contributed by atoms with E-state index in [4.69, 9.17) is 5.26 Å². The maximum atomic E-state index is 11.9. The molecule has 94 valence electrons. The average molecular weight is 256 g/mol. The van der Waals surface area contributed by atoms with Crippen molar-refractivity contribution >= 4 is 10.0 Å². The number of aryl methyl sites for hydroxylation is 1. The quantitative estimate of drug-likeness (QED) is 0.791. The molecule has 1 aromatic heterocycles. The van der Waals surface area contributed by atoms with Gasteiger partial charge in [0.25, 0.3) is 10.0 Å². The van der Waals surface area contributed by atoms with E-state index in [9.17, 15) is 8.42 Å². The molecule has 6 nitrogen and oxygen atoms in total. The summed E-state index contributed by atoms with van der Waals surface area (Å²) in [5.74, 6) is 0.624. The molecular formula is C10H16N4O2S. The van der Waals surface area contributed by atoms with Crippen LogP contribution in [0.2, 0.25) is 0 Å². The van der Waals surface area contributed by atoms with E-state index in [1.54, 1.807) is 0 Å². The number of nitrogens with zero attached hydrogens (tertiary/aromatic N) is 2. The Morgan fingerprint density at radius 1 is 1.59 bits per heavy atom. The Bertz CT molecular complexity index is 501. The number of sulfonamides is 1. The van der Waals surface area contributed by atoms with Gasteiger partial charge in [0.05, 0.1) is 18.7 Å². The smallest absolute Gasteiger partial charge is 0.257 e. The van der Waals surface area contributed by atoms with Crippen molar-refractivity contribution < 1.29 is 8.42 Å². The lowest BCUT2D eigenvalue weighted by molar-refractivity contribution is 0.540. The van der Waals surface area contributed by atoms with E-state index < -0.39 is 10.0 Å². The first-order valence-corrected chi connectivity index (χ1v) is 6.95. The third-order valence-electron chi connectivity index (χ3n) is 2.38. The van der Waals surface area contributed by atoms with Gasteiger partial charge in [-0.05, 0) is 6.42 Å². The number of hydrogen-bond acceptors (Lipinski definition) is 4. The van der Waals surface area contributed by atoms with Crippen LogP contribution in [0, 0.1) is 11.3 Å². The fourth-order valence-corrected chi connectivity index (χ4v) is 2.58. The van der Waals surface area contributed by atoms with E-state index in [1.165, 1.54) is 6.20 Å². The molecule has 0 aliphatic heterocycles. The first-order valence-electron chi connectivity index (χ1n) is 5.46. The second-order valence-corrected chi connectivity index (χ2v) is 5.32. The summed E-state index contributed by atoms with van der Waals surface area (Å²) in [5, 5.41) is 8.62. The largest absolute Gasteiger partial charge is 0.332 e. The Kier molecular flexibility index (Phi) is 4.66. The van der Waals surface area contributed by atoms with Crippen LogP contribution < -0.4 is 4.72 Å². The Balaban J connectivity index is 2.84. The summed E-state index contributed by atoms with van der Waals surface area (Å²) in [5.41, 5.74) is 0. The van der Waals surface area contributed by atoms with E-state index in [0.29, 0.717) is 18.7 Å². The Labute approximate surface area is 101 Å². The van der Waals surface area contributed by atoms with Crippen molar-refractivity contribution in [2.24, 2.45) is 0 Å². The molecule has 1 aromatic rings. The van der Waals surface area contributed by atoms with Crippen molar-refractivity contribution in [3.8, 4) is 6.07 Å². The summed E-state index contributed by atoms with van der Waals surface area (Å²) in [6, 6.07) is 1.59. The van der Waals surface area contributed by atoms with Gasteiger partial charge in [-0.3, -0.25) is 0 Å². The lowest BCUT2D eigenvalue weighted by Crippen LogP contribution is -2.34. The molecule has 1 rings (SSSR count). The minimum absolute atomic E-state index is 0.0470. The Morgan fingerprint density at radius 2 is 2.29 bits per heavy atom. The molecule has 7 heteroatoms. The van der Waals surface area contributed by atoms with Crippen LogP contribution in [-0.4, -0.2) is 24.4 Å². The standard InChI is InChI=1S/C10H16N4O2S/c1-3-8(5-6-11)14-17(15,16)10-7-12-9(4-2)13-10/h7-8,14H,3-5H2,1-2H3,(H,12,13). The van der Waals surface area contributed by atoms with Gasteiger partial charge in [-0.1, -0.05) is 13.8 Å². The molecule has 0 spiro atoms. The summed E-state index contributed by atoms with van der Waals surface area (Å²) >= 11 is 0. The van der Waals surface area contributed by atoms with Gasteiger partial charge in [0.1, 0.15) is 5.82 Å². The molecule has 0 saturated carbocycles. The van der Waals surface area contributed by atoms with Gasteiger partial charge >= 0.3 is 0 Å². The molecule has 17 heavy (non-hydrogen) atoms. The van der Waals surface area contributed by atoms with Crippen molar-refractivity contribution in [1.29, 1.82) is 5.26 Å². The molecule has 0 fully saturated rings. The predicted octanol–water partition coefficient (Wildman–Crippen LogP) is 0.943. The predicted molar refractivity (Wildman–Crippen MR) is 62.6 cm³/mol. The number of nitriles is 1. The van der Waals surface area contributed by atoms with E-state index in [2.05, 4.69) is 14.7 Å². The zero-order valence-corrected chi connectivity index (χ0v) is 10.7. The molecule has 0 amide bonds. The zero-order chi connectivity index (χ0) is 12.9. The summed E-state index contributed by atoms with van der Waals surface area (Å²) in [7, 11) is -3.60. The van der Waals surface area contributed by atoms with Crippen LogP contribution in [-0.2, 0) is 16.4 Å². The van der Waals surface area contributed by atoms with Gasteiger partial charge in [-0.25, -0.2) is 18.1 Å². The number of hydrogen-bond donors (Lipinski definition) is 2. The summed E-state index contributed by atoms with van der Waals surface area (Å²) in [6.07, 6.45) is 2.66. The molecule has 1 atom stereocenters. The van der Waals surface area contributed by atoms with Crippen LogP contribution in [0.5, 0.6) is 0 Å². The molecule has 1 heterocycles. The van der Waals surface area contributed by atoms with Gasteiger partial charge in [0.2, 0.25) is 0 Å². The van der Waals surface area contributed by atoms with E-state index in [1.807, 2.05) is 19.9 Å². The normalized spacial score (nSPS) is 13.2. The first kappa shape index (κ1) is 13.7. The number of rotatable bonds is 6. The highest BCUT2D eigenvalue weighted by Gasteiger charge is 2.20. The minimum atomic E-state index is -3.60. The first-order chi connectivity index (χ1) is 8.03. The number of aromatic amines is 1. The molecule has 2 N–H and O–H groups in total. The van der Waals surface area contributed by atoms with Crippen LogP contribution in [0.3, 0.4) is 0 Å². The van der Waals surface area contributed by atoms with Gasteiger partial charge in [-0.15, -0.1) is 0 Å². The Morgan fingerprint density at radius 3 is 2.76 bits per heavy atom. The SMILES string of the molecule is CCc1ncc(S(=O)(=O)NC(CC)CC#N)[nH]1. The second kappa shape index (κ2) is 5.80. The van der Waals surface area contributed by atoms with Crippen molar-refractivity contribution in [3.63, 3.8) is 0 Å². The molecule has 0 radical (unpaired) electrons. The lowest BCUT2D eigenvalue weighted by atomic mass is 10.2. The minimum Gasteiger partial charge on any atom is -0.332 e. The number of H-pyrrole nitrogens is 1. The van der Waals surface area contributed by atoms with Gasteiger partial charge in [0, 0.05) is 12.5 Å². The third kappa shape index (κ3) is 3.54. The van der Waals surface area contributed by atoms with Crippen LogP contribution in [0.25, 0.3) is 0 Å². The number of imidazole rings is 1. The van der Waals surface area contributed by atoms with Gasteiger partial charge < -0.3 is 4.98 Å². The van der Waals surface area contributed by atoms with E-state index in [-0.39, 0.29) is 17.5 Å². The fraction of sp³-hybridized carbons (Fsp3) is 0.600. The second-order valence-electron chi connectivity index (χ2n) is 3.64.